The maximum absolute atomic E-state index is 13.3. The van der Waals surface area contributed by atoms with Crippen molar-refractivity contribution in [3.63, 3.8) is 0 Å². The Morgan fingerprint density at radius 2 is 1.59 bits per heavy atom. The molecule has 12 nitrogen and oxygen atoms in total. The Morgan fingerprint density at radius 1 is 0.878 bits per heavy atom. The van der Waals surface area contributed by atoms with E-state index in [0.717, 1.165) is 5.56 Å². The molecule has 0 spiro atoms. The second kappa shape index (κ2) is 10.5. The smallest absolute Gasteiger partial charge is 0.432 e. The lowest BCUT2D eigenvalue weighted by atomic mass is 9.94. The summed E-state index contributed by atoms with van der Waals surface area (Å²) in [5, 5.41) is 21.8. The van der Waals surface area contributed by atoms with Gasteiger partial charge in [-0.3, -0.25) is 14.4 Å². The predicted molar refractivity (Wildman–Crippen MR) is 150 cm³/mol. The van der Waals surface area contributed by atoms with Gasteiger partial charge >= 0.3 is 6.09 Å². The molecule has 0 unspecified atom stereocenters. The minimum absolute atomic E-state index is 0.0271. The summed E-state index contributed by atoms with van der Waals surface area (Å²) < 4.78 is 7.97. The molecule has 5 aromatic rings. The van der Waals surface area contributed by atoms with Crippen molar-refractivity contribution in [1.82, 2.24) is 19.7 Å². The molecule has 12 heteroatoms. The van der Waals surface area contributed by atoms with Gasteiger partial charge in [0, 0.05) is 19.3 Å². The van der Waals surface area contributed by atoms with Gasteiger partial charge in [0.15, 0.2) is 17.2 Å². The maximum atomic E-state index is 13.3. The lowest BCUT2D eigenvalue weighted by Crippen LogP contribution is -2.40. The van der Waals surface area contributed by atoms with Crippen LogP contribution >= 0.6 is 0 Å². The molecule has 0 aliphatic carbocycles. The first-order valence-corrected chi connectivity index (χ1v) is 12.5. The van der Waals surface area contributed by atoms with Crippen molar-refractivity contribution in [2.45, 2.75) is 19.4 Å². The third-order valence-electron chi connectivity index (χ3n) is 6.51. The second-order valence-electron chi connectivity index (χ2n) is 9.77. The molecule has 0 aliphatic heterocycles. The van der Waals surface area contributed by atoms with Crippen LogP contribution in [0.15, 0.2) is 83.4 Å². The molecule has 208 valence electrons. The third kappa shape index (κ3) is 5.30. The van der Waals surface area contributed by atoms with Crippen LogP contribution in [0.5, 0.6) is 0 Å². The van der Waals surface area contributed by atoms with E-state index in [0.29, 0.717) is 10.4 Å². The Labute approximate surface area is 233 Å². The fourth-order valence-electron chi connectivity index (χ4n) is 4.37. The van der Waals surface area contributed by atoms with Gasteiger partial charge in [-0.2, -0.15) is 4.68 Å². The quantitative estimate of drug-likeness (QED) is 0.227. The van der Waals surface area contributed by atoms with E-state index in [4.69, 9.17) is 4.42 Å². The Morgan fingerprint density at radius 3 is 2.27 bits per heavy atom. The molecule has 0 saturated carbocycles. The Kier molecular flexibility index (Phi) is 6.89. The normalized spacial score (nSPS) is 11.3. The summed E-state index contributed by atoms with van der Waals surface area (Å²) >= 11 is 0. The van der Waals surface area contributed by atoms with Crippen LogP contribution in [-0.4, -0.2) is 43.3 Å². The van der Waals surface area contributed by atoms with Crippen LogP contribution in [-0.2, 0) is 12.6 Å². The Hall–Kier alpha value is -5.65. The van der Waals surface area contributed by atoms with Gasteiger partial charge in [0.1, 0.15) is 11.2 Å². The molecule has 2 aromatic carbocycles. The highest BCUT2D eigenvalue weighted by Crippen LogP contribution is 2.29. The SMILES string of the molecule is Cn1cccc1C(=O)Nc1ccccc1C(=O)Nc1nn(C(=O)O)c2cc(C(=O)NC(C)(C)c3ccccc3)oc12. The summed E-state index contributed by atoms with van der Waals surface area (Å²) in [5.41, 5.74) is 0.677. The van der Waals surface area contributed by atoms with Crippen molar-refractivity contribution in [2.75, 3.05) is 10.6 Å². The van der Waals surface area contributed by atoms with Gasteiger partial charge in [-0.25, -0.2) is 4.79 Å². The zero-order chi connectivity index (χ0) is 29.3. The summed E-state index contributed by atoms with van der Waals surface area (Å²) in [7, 11) is 1.72. The van der Waals surface area contributed by atoms with E-state index in [1.54, 1.807) is 48.1 Å². The summed E-state index contributed by atoms with van der Waals surface area (Å²) in [5.74, 6) is -2.06. The Balaban J connectivity index is 1.42. The maximum Gasteiger partial charge on any atom is 0.432 e. The van der Waals surface area contributed by atoms with Gasteiger partial charge in [0.25, 0.3) is 17.7 Å². The standard InChI is InChI=1S/C29H26N6O6/c1-29(2,17-10-5-4-6-11-17)32-27(38)22-16-21-23(41-22)24(33-35(21)28(39)40)31-25(36)18-12-7-8-13-19(18)30-26(37)20-14-9-15-34(20)3/h4-16H,1-3H3,(H,30,37)(H,32,38)(H,39,40)(H,31,33,36). The summed E-state index contributed by atoms with van der Waals surface area (Å²) in [4.78, 5) is 51.0. The van der Waals surface area contributed by atoms with Crippen LogP contribution < -0.4 is 16.0 Å². The van der Waals surface area contributed by atoms with Crippen molar-refractivity contribution in [3.8, 4) is 0 Å². The van der Waals surface area contributed by atoms with Gasteiger partial charge in [-0.05, 0) is 43.7 Å². The average Bonchev–Trinajstić information content (AvgIpc) is 3.65. The zero-order valence-corrected chi connectivity index (χ0v) is 22.3. The number of carbonyl (C=O) groups is 4. The van der Waals surface area contributed by atoms with E-state index in [1.165, 1.54) is 12.1 Å². The molecule has 0 fully saturated rings. The van der Waals surface area contributed by atoms with Crippen LogP contribution in [0.25, 0.3) is 11.1 Å². The largest absolute Gasteiger partial charge is 0.463 e. The van der Waals surface area contributed by atoms with Crippen molar-refractivity contribution in [3.05, 3.63) is 102 Å². The van der Waals surface area contributed by atoms with Crippen LogP contribution in [0.1, 0.15) is 50.8 Å². The topological polar surface area (TPSA) is 160 Å². The first-order valence-electron chi connectivity index (χ1n) is 12.5. The van der Waals surface area contributed by atoms with Crippen LogP contribution in [0.2, 0.25) is 0 Å². The van der Waals surface area contributed by atoms with Crippen molar-refractivity contribution in [1.29, 1.82) is 0 Å². The molecule has 4 N–H and O–H groups in total. The summed E-state index contributed by atoms with van der Waals surface area (Å²) in [6.07, 6.45) is 0.279. The van der Waals surface area contributed by atoms with Gasteiger partial charge < -0.3 is 30.0 Å². The second-order valence-corrected chi connectivity index (χ2v) is 9.77. The number of amides is 3. The summed E-state index contributed by atoms with van der Waals surface area (Å²) in [6, 6.07) is 20.2. The van der Waals surface area contributed by atoms with E-state index in [9.17, 15) is 24.3 Å². The Bertz CT molecular complexity index is 1800. The number of para-hydroxylation sites is 1. The lowest BCUT2D eigenvalue weighted by molar-refractivity contribution is 0.0885. The average molecular weight is 555 g/mol. The van der Waals surface area contributed by atoms with Gasteiger partial charge in [-0.15, -0.1) is 5.10 Å². The van der Waals surface area contributed by atoms with Crippen molar-refractivity contribution >= 4 is 46.4 Å². The molecular formula is C29H26N6O6. The van der Waals surface area contributed by atoms with E-state index >= 15 is 0 Å². The van der Waals surface area contributed by atoms with Gasteiger partial charge in [0.2, 0.25) is 0 Å². The fraction of sp³-hybridized carbons (Fsp3) is 0.138. The molecule has 0 bridgehead atoms. The van der Waals surface area contributed by atoms with Crippen LogP contribution in [0.4, 0.5) is 16.3 Å². The van der Waals surface area contributed by atoms with E-state index in [-0.39, 0.29) is 33.9 Å². The van der Waals surface area contributed by atoms with E-state index < -0.39 is 29.4 Å². The summed E-state index contributed by atoms with van der Waals surface area (Å²) in [6.45, 7) is 3.64. The van der Waals surface area contributed by atoms with Crippen LogP contribution in [0.3, 0.4) is 0 Å². The number of fused-ring (bicyclic) bond motifs is 1. The molecule has 0 saturated heterocycles. The molecular weight excluding hydrogens is 528 g/mol. The third-order valence-corrected chi connectivity index (χ3v) is 6.51. The molecule has 0 radical (unpaired) electrons. The number of hydrogen-bond acceptors (Lipinski definition) is 6. The van der Waals surface area contributed by atoms with Gasteiger partial charge in [-0.1, -0.05) is 42.5 Å². The number of aromatic nitrogens is 3. The van der Waals surface area contributed by atoms with Crippen molar-refractivity contribution < 1.29 is 28.7 Å². The predicted octanol–water partition coefficient (Wildman–Crippen LogP) is 4.66. The number of aryl methyl sites for hydroxylation is 1. The highest BCUT2D eigenvalue weighted by Gasteiger charge is 2.28. The number of benzene rings is 2. The number of hydrogen-bond donors (Lipinski definition) is 4. The molecule has 3 heterocycles. The molecule has 3 amide bonds. The molecule has 5 rings (SSSR count). The van der Waals surface area contributed by atoms with E-state index in [1.807, 2.05) is 44.2 Å². The molecule has 0 atom stereocenters. The molecule has 41 heavy (non-hydrogen) atoms. The first-order chi connectivity index (χ1) is 19.5. The molecule has 0 aliphatic rings. The minimum atomic E-state index is -1.44. The van der Waals surface area contributed by atoms with Crippen LogP contribution in [0, 0.1) is 0 Å². The minimum Gasteiger partial charge on any atom is -0.463 e. The number of nitrogens with one attached hydrogen (secondary N) is 3. The lowest BCUT2D eigenvalue weighted by Gasteiger charge is -2.26. The number of carboxylic acid groups (broad SMARTS) is 1. The number of rotatable bonds is 7. The number of nitrogens with zero attached hydrogens (tertiary/aromatic N) is 3. The van der Waals surface area contributed by atoms with E-state index in [2.05, 4.69) is 21.0 Å². The highest BCUT2D eigenvalue weighted by molar-refractivity contribution is 6.14. The van der Waals surface area contributed by atoms with Crippen molar-refractivity contribution in [2.24, 2.45) is 7.05 Å². The first kappa shape index (κ1) is 26.9. The fourth-order valence-corrected chi connectivity index (χ4v) is 4.37. The number of furan rings is 1. The monoisotopic (exact) mass is 554 g/mol. The van der Waals surface area contributed by atoms with Gasteiger partial charge in [0.05, 0.1) is 16.8 Å². The zero-order valence-electron chi connectivity index (χ0n) is 22.3. The number of carbonyl (C=O) groups excluding carboxylic acids is 3. The highest BCUT2D eigenvalue weighted by atomic mass is 16.4. The number of anilines is 2. The molecule has 3 aromatic heterocycles.